The van der Waals surface area contributed by atoms with Crippen LogP contribution in [-0.2, 0) is 5.33 Å². The second-order valence-corrected chi connectivity index (χ2v) is 2.53. The monoisotopic (exact) mass is 239 g/mol. The Bertz CT molecular complexity index is 174. The Labute approximate surface area is 63.5 Å². The van der Waals surface area contributed by atoms with Gasteiger partial charge in [0, 0.05) is 0 Å². The van der Waals surface area contributed by atoms with Gasteiger partial charge in [0.2, 0.25) is 5.89 Å². The van der Waals surface area contributed by atoms with E-state index in [9.17, 15) is 0 Å². The lowest BCUT2D eigenvalue weighted by molar-refractivity contribution is 0.496. The normalized spacial score (nSPS) is 9.75. The lowest BCUT2D eigenvalue weighted by Crippen LogP contribution is -1.69. The molecule has 1 rings (SSSR count). The quantitative estimate of drug-likeness (QED) is 0.705. The molecule has 0 saturated carbocycles. The van der Waals surface area contributed by atoms with Gasteiger partial charge in [0.1, 0.15) is 0 Å². The van der Waals surface area contributed by atoms with Crippen LogP contribution in [-0.4, -0.2) is 4.98 Å². The molecule has 0 aromatic carbocycles. The van der Waals surface area contributed by atoms with Crippen LogP contribution in [0.3, 0.4) is 0 Å². The number of alkyl halides is 1. The van der Waals surface area contributed by atoms with Crippen LogP contribution in [0.5, 0.6) is 0 Å². The van der Waals surface area contributed by atoms with Gasteiger partial charge in [-0.15, -0.1) is 0 Å². The van der Waals surface area contributed by atoms with Gasteiger partial charge in [0.25, 0.3) is 0 Å². The third kappa shape index (κ3) is 1.32. The molecule has 0 radical (unpaired) electrons. The van der Waals surface area contributed by atoms with Crippen molar-refractivity contribution in [2.45, 2.75) is 5.33 Å². The van der Waals surface area contributed by atoms with E-state index in [-0.39, 0.29) is 0 Å². The van der Waals surface area contributed by atoms with Crippen LogP contribution in [0.25, 0.3) is 0 Å². The molecule has 2 nitrogen and oxygen atoms in total. The summed E-state index contributed by atoms with van der Waals surface area (Å²) >= 11 is 6.32. The summed E-state index contributed by atoms with van der Waals surface area (Å²) in [5, 5.41) is 0.665. The predicted octanol–water partition coefficient (Wildman–Crippen LogP) is 2.33. The zero-order valence-corrected chi connectivity index (χ0v) is 7.07. The number of halogens is 2. The van der Waals surface area contributed by atoms with Gasteiger partial charge in [-0.2, -0.15) is 0 Å². The molecule has 0 N–H and O–H groups in total. The van der Waals surface area contributed by atoms with Crippen molar-refractivity contribution < 1.29 is 4.42 Å². The molecule has 0 spiro atoms. The van der Waals surface area contributed by atoms with Gasteiger partial charge in [0.05, 0.1) is 11.5 Å². The van der Waals surface area contributed by atoms with E-state index in [0.29, 0.717) is 15.9 Å². The van der Waals surface area contributed by atoms with Crippen molar-refractivity contribution >= 4 is 31.9 Å². The summed E-state index contributed by atoms with van der Waals surface area (Å²) in [7, 11) is 0. The van der Waals surface area contributed by atoms with Crippen molar-refractivity contribution in [2.24, 2.45) is 0 Å². The highest BCUT2D eigenvalue weighted by molar-refractivity contribution is 9.10. The zero-order chi connectivity index (χ0) is 5.98. The van der Waals surface area contributed by atoms with E-state index in [1.54, 1.807) is 6.20 Å². The molecule has 0 unspecified atom stereocenters. The highest BCUT2D eigenvalue weighted by Gasteiger charge is 1.95. The first-order chi connectivity index (χ1) is 3.83. The maximum Gasteiger partial charge on any atom is 0.206 e. The van der Waals surface area contributed by atoms with Crippen molar-refractivity contribution in [3.05, 3.63) is 16.8 Å². The molecule has 0 amide bonds. The summed E-state index contributed by atoms with van der Waals surface area (Å²) in [5.74, 6) is 0.692. The summed E-state index contributed by atoms with van der Waals surface area (Å²) in [6.07, 6.45) is 1.62. The summed E-state index contributed by atoms with van der Waals surface area (Å²) in [5.41, 5.74) is 0. The molecule has 1 aromatic heterocycles. The van der Waals surface area contributed by atoms with Gasteiger partial charge < -0.3 is 4.42 Å². The van der Waals surface area contributed by atoms with Crippen LogP contribution < -0.4 is 0 Å². The predicted molar refractivity (Wildman–Crippen MR) is 36.8 cm³/mol. The summed E-state index contributed by atoms with van der Waals surface area (Å²) in [4.78, 5) is 3.87. The van der Waals surface area contributed by atoms with E-state index in [0.717, 1.165) is 0 Å². The Morgan fingerprint density at radius 2 is 2.50 bits per heavy atom. The molecule has 44 valence electrons. The van der Waals surface area contributed by atoms with Crippen molar-refractivity contribution in [1.29, 1.82) is 0 Å². The van der Waals surface area contributed by atoms with Crippen LogP contribution in [0.15, 0.2) is 15.3 Å². The fourth-order valence-electron chi connectivity index (χ4n) is 0.350. The average Bonchev–Trinajstić information content (AvgIpc) is 2.14. The molecule has 0 fully saturated rings. The maximum atomic E-state index is 4.99. The fraction of sp³-hybridized carbons (Fsp3) is 0.250. The maximum absolute atomic E-state index is 4.99. The van der Waals surface area contributed by atoms with E-state index in [2.05, 4.69) is 36.8 Å². The first-order valence-electron chi connectivity index (χ1n) is 1.99. The SMILES string of the molecule is BrCc1ncc(Br)o1. The van der Waals surface area contributed by atoms with Crippen LogP contribution in [0.1, 0.15) is 5.89 Å². The summed E-state index contributed by atoms with van der Waals surface area (Å²) < 4.78 is 5.66. The second kappa shape index (κ2) is 2.64. The Balaban J connectivity index is 2.84. The van der Waals surface area contributed by atoms with Gasteiger partial charge in [-0.25, -0.2) is 4.98 Å². The average molecular weight is 241 g/mol. The number of hydrogen-bond acceptors (Lipinski definition) is 2. The first kappa shape index (κ1) is 6.29. The van der Waals surface area contributed by atoms with Crippen LogP contribution >= 0.6 is 31.9 Å². The van der Waals surface area contributed by atoms with E-state index >= 15 is 0 Å². The Kier molecular flexibility index (Phi) is 2.08. The summed E-state index contributed by atoms with van der Waals surface area (Å²) in [6, 6.07) is 0. The number of aromatic nitrogens is 1. The van der Waals surface area contributed by atoms with E-state index in [1.807, 2.05) is 0 Å². The topological polar surface area (TPSA) is 26.0 Å². The lowest BCUT2D eigenvalue weighted by atomic mass is 10.8. The van der Waals surface area contributed by atoms with Gasteiger partial charge in [-0.3, -0.25) is 0 Å². The Hall–Kier alpha value is 0.170. The minimum absolute atomic E-state index is 0.665. The number of oxazole rings is 1. The molecule has 1 heterocycles. The molecule has 0 atom stereocenters. The molecule has 0 saturated heterocycles. The number of rotatable bonds is 1. The molecule has 0 aliphatic carbocycles. The van der Waals surface area contributed by atoms with Gasteiger partial charge >= 0.3 is 0 Å². The zero-order valence-electron chi connectivity index (χ0n) is 3.90. The van der Waals surface area contributed by atoms with Crippen LogP contribution in [0.2, 0.25) is 0 Å². The highest BCUT2D eigenvalue weighted by atomic mass is 79.9. The standard InChI is InChI=1S/C4H3Br2NO/c5-1-4-7-2-3(6)8-4/h2H,1H2. The number of nitrogens with zero attached hydrogens (tertiary/aromatic N) is 1. The van der Waals surface area contributed by atoms with Crippen LogP contribution in [0.4, 0.5) is 0 Å². The largest absolute Gasteiger partial charge is 0.433 e. The molecule has 8 heavy (non-hydrogen) atoms. The van der Waals surface area contributed by atoms with Gasteiger partial charge in [0.15, 0.2) is 4.67 Å². The van der Waals surface area contributed by atoms with Crippen molar-refractivity contribution in [2.75, 3.05) is 0 Å². The van der Waals surface area contributed by atoms with E-state index in [4.69, 9.17) is 4.42 Å². The van der Waals surface area contributed by atoms with Gasteiger partial charge in [-0.1, -0.05) is 15.9 Å². The second-order valence-electron chi connectivity index (χ2n) is 1.19. The third-order valence-corrected chi connectivity index (χ3v) is 1.49. The number of hydrogen-bond donors (Lipinski definition) is 0. The highest BCUT2D eigenvalue weighted by Crippen LogP contribution is 2.11. The molecule has 0 aliphatic rings. The molecule has 0 aliphatic heterocycles. The summed E-state index contributed by atoms with van der Waals surface area (Å²) in [6.45, 7) is 0. The van der Waals surface area contributed by atoms with Gasteiger partial charge in [-0.05, 0) is 15.9 Å². The van der Waals surface area contributed by atoms with Crippen molar-refractivity contribution in [3.8, 4) is 0 Å². The smallest absolute Gasteiger partial charge is 0.206 e. The minimum Gasteiger partial charge on any atom is -0.433 e. The fourth-order valence-corrected chi connectivity index (χ4v) is 0.898. The van der Waals surface area contributed by atoms with E-state index in [1.165, 1.54) is 0 Å². The Morgan fingerprint density at radius 3 is 2.75 bits per heavy atom. The van der Waals surface area contributed by atoms with Crippen molar-refractivity contribution in [1.82, 2.24) is 4.98 Å². The van der Waals surface area contributed by atoms with E-state index < -0.39 is 0 Å². The first-order valence-corrected chi connectivity index (χ1v) is 3.90. The lowest BCUT2D eigenvalue weighted by Gasteiger charge is -1.78. The molecular weight excluding hydrogens is 238 g/mol. The third-order valence-electron chi connectivity index (χ3n) is 0.640. The molecule has 0 bridgehead atoms. The molecule has 1 aromatic rings. The van der Waals surface area contributed by atoms with Crippen molar-refractivity contribution in [3.63, 3.8) is 0 Å². The Morgan fingerprint density at radius 1 is 1.75 bits per heavy atom. The van der Waals surface area contributed by atoms with Crippen LogP contribution in [0, 0.1) is 0 Å². The minimum atomic E-state index is 0.665. The molecular formula is C4H3Br2NO. The molecule has 4 heteroatoms.